The van der Waals surface area contributed by atoms with Crippen LogP contribution in [0.5, 0.6) is 5.75 Å². The van der Waals surface area contributed by atoms with Crippen LogP contribution >= 0.6 is 0 Å². The van der Waals surface area contributed by atoms with E-state index in [2.05, 4.69) is 0 Å². The highest BCUT2D eigenvalue weighted by atomic mass is 16.5. The predicted octanol–water partition coefficient (Wildman–Crippen LogP) is 3.48. The maximum Gasteiger partial charge on any atom is 0.339 e. The average molecular weight is 260 g/mol. The minimum atomic E-state index is -1.01. The van der Waals surface area contributed by atoms with Crippen LogP contribution < -0.4 is 4.74 Å². The van der Waals surface area contributed by atoms with Gasteiger partial charge < -0.3 is 14.3 Å². The Labute approximate surface area is 111 Å². The number of hydrogen-bond donors (Lipinski definition) is 1. The van der Waals surface area contributed by atoms with Crippen molar-refractivity contribution in [3.05, 3.63) is 52.5 Å². The van der Waals surface area contributed by atoms with Gasteiger partial charge in [-0.15, -0.1) is 0 Å². The molecule has 4 nitrogen and oxygen atoms in total. The van der Waals surface area contributed by atoms with E-state index < -0.39 is 5.97 Å². The van der Waals surface area contributed by atoms with Gasteiger partial charge in [0.2, 0.25) is 0 Å². The summed E-state index contributed by atoms with van der Waals surface area (Å²) in [4.78, 5) is 11.0. The molecule has 0 amide bonds. The first-order valence-electron chi connectivity index (χ1n) is 5.99. The molecule has 1 aromatic heterocycles. The molecule has 0 aliphatic rings. The molecule has 1 N–H and O–H groups in total. The average Bonchev–Trinajstić information content (AvgIpc) is 2.75. The number of carboxylic acids is 1. The molecule has 19 heavy (non-hydrogen) atoms. The lowest BCUT2D eigenvalue weighted by Gasteiger charge is -2.12. The van der Waals surface area contributed by atoms with E-state index in [4.69, 9.17) is 14.3 Å². The van der Waals surface area contributed by atoms with Gasteiger partial charge in [-0.3, -0.25) is 0 Å². The quantitative estimate of drug-likeness (QED) is 0.914. The van der Waals surface area contributed by atoms with Gasteiger partial charge in [0.1, 0.15) is 17.9 Å². The molecule has 0 aliphatic heterocycles. The van der Waals surface area contributed by atoms with Gasteiger partial charge in [0.15, 0.2) is 5.76 Å². The number of ether oxygens (including phenoxy) is 1. The standard InChI is InChI=1S/C15H16O4/c1-9-6-10(2)14(11(3)7-9)19-8-13-12(15(16)17)4-5-18-13/h4-7H,8H2,1-3H3,(H,16,17). The van der Waals surface area contributed by atoms with Gasteiger partial charge in [-0.05, 0) is 38.0 Å². The molecule has 0 spiro atoms. The zero-order valence-corrected chi connectivity index (χ0v) is 11.2. The van der Waals surface area contributed by atoms with Gasteiger partial charge in [0, 0.05) is 0 Å². The van der Waals surface area contributed by atoms with Crippen molar-refractivity contribution in [2.45, 2.75) is 27.4 Å². The first-order valence-corrected chi connectivity index (χ1v) is 5.99. The summed E-state index contributed by atoms with van der Waals surface area (Å²) in [5, 5.41) is 8.98. The lowest BCUT2D eigenvalue weighted by Crippen LogP contribution is -2.04. The van der Waals surface area contributed by atoms with Crippen LogP contribution in [0.4, 0.5) is 0 Å². The molecule has 1 heterocycles. The van der Waals surface area contributed by atoms with E-state index >= 15 is 0 Å². The lowest BCUT2D eigenvalue weighted by molar-refractivity contribution is 0.0692. The lowest BCUT2D eigenvalue weighted by atomic mass is 10.1. The molecule has 2 aromatic rings. The molecular formula is C15H16O4. The maximum absolute atomic E-state index is 11.0. The molecule has 2 rings (SSSR count). The Bertz CT molecular complexity index is 587. The number of furan rings is 1. The minimum Gasteiger partial charge on any atom is -0.485 e. The summed E-state index contributed by atoms with van der Waals surface area (Å²) in [6.07, 6.45) is 1.36. The molecule has 0 atom stereocenters. The van der Waals surface area contributed by atoms with Crippen molar-refractivity contribution in [3.8, 4) is 5.75 Å². The third-order valence-electron chi connectivity index (χ3n) is 2.93. The van der Waals surface area contributed by atoms with E-state index in [-0.39, 0.29) is 12.2 Å². The molecule has 0 aliphatic carbocycles. The van der Waals surface area contributed by atoms with Crippen LogP contribution in [0.3, 0.4) is 0 Å². The smallest absolute Gasteiger partial charge is 0.339 e. The number of aryl methyl sites for hydroxylation is 3. The highest BCUT2D eigenvalue weighted by Crippen LogP contribution is 2.26. The Hall–Kier alpha value is -2.23. The second-order valence-corrected chi connectivity index (χ2v) is 4.58. The summed E-state index contributed by atoms with van der Waals surface area (Å²) in [5.41, 5.74) is 3.37. The fraction of sp³-hybridized carbons (Fsp3) is 0.267. The van der Waals surface area contributed by atoms with Gasteiger partial charge in [-0.1, -0.05) is 17.7 Å². The second-order valence-electron chi connectivity index (χ2n) is 4.58. The number of aromatic carboxylic acids is 1. The fourth-order valence-electron chi connectivity index (χ4n) is 2.18. The first kappa shape index (κ1) is 13.2. The van der Waals surface area contributed by atoms with Crippen molar-refractivity contribution in [2.75, 3.05) is 0 Å². The molecule has 4 heteroatoms. The largest absolute Gasteiger partial charge is 0.485 e. The summed E-state index contributed by atoms with van der Waals surface area (Å²) in [5.74, 6) is 0.0925. The Morgan fingerprint density at radius 1 is 1.26 bits per heavy atom. The Morgan fingerprint density at radius 3 is 2.47 bits per heavy atom. The molecule has 1 aromatic carbocycles. The van der Waals surface area contributed by atoms with Crippen molar-refractivity contribution in [2.24, 2.45) is 0 Å². The number of carbonyl (C=O) groups is 1. The SMILES string of the molecule is Cc1cc(C)c(OCc2occc2C(=O)O)c(C)c1. The van der Waals surface area contributed by atoms with Crippen molar-refractivity contribution in [1.29, 1.82) is 0 Å². The van der Waals surface area contributed by atoms with Crippen LogP contribution in [0.15, 0.2) is 28.9 Å². The van der Waals surface area contributed by atoms with Crippen molar-refractivity contribution in [3.63, 3.8) is 0 Å². The van der Waals surface area contributed by atoms with E-state index in [1.54, 1.807) is 0 Å². The molecular weight excluding hydrogens is 244 g/mol. The van der Waals surface area contributed by atoms with Gasteiger partial charge in [0.25, 0.3) is 0 Å². The van der Waals surface area contributed by atoms with Crippen molar-refractivity contribution >= 4 is 5.97 Å². The second kappa shape index (κ2) is 5.18. The zero-order valence-electron chi connectivity index (χ0n) is 11.2. The van der Waals surface area contributed by atoms with Crippen LogP contribution in [-0.2, 0) is 6.61 Å². The predicted molar refractivity (Wildman–Crippen MR) is 70.7 cm³/mol. The Morgan fingerprint density at radius 2 is 1.89 bits per heavy atom. The van der Waals surface area contributed by atoms with Gasteiger partial charge >= 0.3 is 5.97 Å². The summed E-state index contributed by atoms with van der Waals surface area (Å²) < 4.78 is 10.8. The van der Waals surface area contributed by atoms with Crippen LogP contribution in [0, 0.1) is 20.8 Å². The number of rotatable bonds is 4. The molecule has 0 saturated carbocycles. The number of hydrogen-bond acceptors (Lipinski definition) is 3. The molecule has 0 fully saturated rings. The Balaban J connectivity index is 2.19. The number of benzene rings is 1. The van der Waals surface area contributed by atoms with E-state index in [9.17, 15) is 4.79 Å². The van der Waals surface area contributed by atoms with Gasteiger partial charge in [0.05, 0.1) is 6.26 Å². The van der Waals surface area contributed by atoms with E-state index in [1.807, 2.05) is 32.9 Å². The van der Waals surface area contributed by atoms with E-state index in [0.29, 0.717) is 5.76 Å². The maximum atomic E-state index is 11.0. The van der Waals surface area contributed by atoms with E-state index in [1.165, 1.54) is 17.9 Å². The third kappa shape index (κ3) is 2.78. The van der Waals surface area contributed by atoms with Gasteiger partial charge in [-0.2, -0.15) is 0 Å². The van der Waals surface area contributed by atoms with Gasteiger partial charge in [-0.25, -0.2) is 4.79 Å². The third-order valence-corrected chi connectivity index (χ3v) is 2.93. The molecule has 0 radical (unpaired) electrons. The molecule has 0 unspecified atom stereocenters. The summed E-state index contributed by atoms with van der Waals surface area (Å²) in [7, 11) is 0. The minimum absolute atomic E-state index is 0.110. The van der Waals surface area contributed by atoms with Crippen LogP contribution in [-0.4, -0.2) is 11.1 Å². The molecule has 0 bridgehead atoms. The first-order chi connectivity index (χ1) is 8.99. The normalized spacial score (nSPS) is 10.5. The fourth-order valence-corrected chi connectivity index (χ4v) is 2.18. The van der Waals surface area contributed by atoms with Crippen molar-refractivity contribution in [1.82, 2.24) is 0 Å². The topological polar surface area (TPSA) is 59.7 Å². The summed E-state index contributed by atoms with van der Waals surface area (Å²) in [6, 6.07) is 5.49. The van der Waals surface area contributed by atoms with E-state index in [0.717, 1.165) is 16.9 Å². The van der Waals surface area contributed by atoms with Crippen LogP contribution in [0.2, 0.25) is 0 Å². The molecule has 100 valence electrons. The Kier molecular flexibility index (Phi) is 3.60. The zero-order chi connectivity index (χ0) is 14.0. The van der Waals surface area contributed by atoms with Crippen LogP contribution in [0.1, 0.15) is 32.8 Å². The molecule has 0 saturated heterocycles. The van der Waals surface area contributed by atoms with Crippen molar-refractivity contribution < 1.29 is 19.1 Å². The highest BCUT2D eigenvalue weighted by molar-refractivity contribution is 5.88. The summed E-state index contributed by atoms with van der Waals surface area (Å²) >= 11 is 0. The monoisotopic (exact) mass is 260 g/mol. The summed E-state index contributed by atoms with van der Waals surface area (Å²) in [6.45, 7) is 6.07. The highest BCUT2D eigenvalue weighted by Gasteiger charge is 2.14. The van der Waals surface area contributed by atoms with Crippen LogP contribution in [0.25, 0.3) is 0 Å². The number of carboxylic acid groups (broad SMARTS) is 1.